The lowest BCUT2D eigenvalue weighted by Crippen LogP contribution is -2.33. The van der Waals surface area contributed by atoms with E-state index in [0.717, 1.165) is 37.1 Å². The SMILES string of the molecule is CCCNc1cc(NCC2CCN(C)CC2)ncn1. The van der Waals surface area contributed by atoms with Gasteiger partial charge in [-0.25, -0.2) is 9.97 Å². The van der Waals surface area contributed by atoms with Crippen molar-refractivity contribution in [2.45, 2.75) is 26.2 Å². The van der Waals surface area contributed by atoms with Crippen molar-refractivity contribution < 1.29 is 0 Å². The van der Waals surface area contributed by atoms with Gasteiger partial charge < -0.3 is 15.5 Å². The Morgan fingerprint density at radius 3 is 2.58 bits per heavy atom. The fraction of sp³-hybridized carbons (Fsp3) is 0.714. The van der Waals surface area contributed by atoms with Crippen LogP contribution in [0.1, 0.15) is 26.2 Å². The topological polar surface area (TPSA) is 53.1 Å². The van der Waals surface area contributed by atoms with Crippen LogP contribution in [-0.2, 0) is 0 Å². The molecule has 19 heavy (non-hydrogen) atoms. The lowest BCUT2D eigenvalue weighted by molar-refractivity contribution is 0.226. The van der Waals surface area contributed by atoms with Crippen LogP contribution in [0.5, 0.6) is 0 Å². The number of nitrogens with zero attached hydrogens (tertiary/aromatic N) is 3. The van der Waals surface area contributed by atoms with Crippen LogP contribution in [0, 0.1) is 5.92 Å². The summed E-state index contributed by atoms with van der Waals surface area (Å²) in [4.78, 5) is 10.9. The highest BCUT2D eigenvalue weighted by molar-refractivity contribution is 5.46. The van der Waals surface area contributed by atoms with Crippen LogP contribution in [0.25, 0.3) is 0 Å². The molecule has 106 valence electrons. The minimum absolute atomic E-state index is 0.762. The molecule has 0 bridgehead atoms. The summed E-state index contributed by atoms with van der Waals surface area (Å²) in [6, 6.07) is 1.99. The summed E-state index contributed by atoms with van der Waals surface area (Å²) in [5.74, 6) is 2.59. The highest BCUT2D eigenvalue weighted by Crippen LogP contribution is 2.17. The predicted octanol–water partition coefficient (Wildman–Crippen LogP) is 2.05. The van der Waals surface area contributed by atoms with Crippen LogP contribution < -0.4 is 10.6 Å². The average molecular weight is 263 g/mol. The van der Waals surface area contributed by atoms with Gasteiger partial charge in [-0.2, -0.15) is 0 Å². The first-order valence-electron chi connectivity index (χ1n) is 7.26. The number of aromatic nitrogens is 2. The number of hydrogen-bond acceptors (Lipinski definition) is 5. The molecule has 0 aromatic carbocycles. The van der Waals surface area contributed by atoms with E-state index in [9.17, 15) is 0 Å². The van der Waals surface area contributed by atoms with Gasteiger partial charge in [-0.05, 0) is 45.3 Å². The number of likely N-dealkylation sites (tertiary alicyclic amines) is 1. The van der Waals surface area contributed by atoms with Crippen LogP contribution in [-0.4, -0.2) is 48.1 Å². The third-order valence-corrected chi connectivity index (χ3v) is 3.63. The molecule has 5 nitrogen and oxygen atoms in total. The van der Waals surface area contributed by atoms with Crippen molar-refractivity contribution in [1.82, 2.24) is 14.9 Å². The third-order valence-electron chi connectivity index (χ3n) is 3.63. The Hall–Kier alpha value is -1.36. The first kappa shape index (κ1) is 14.1. The second kappa shape index (κ2) is 7.28. The van der Waals surface area contributed by atoms with E-state index in [2.05, 4.69) is 39.5 Å². The van der Waals surface area contributed by atoms with Crippen molar-refractivity contribution in [1.29, 1.82) is 0 Å². The molecule has 0 radical (unpaired) electrons. The first-order chi connectivity index (χ1) is 9.28. The zero-order chi connectivity index (χ0) is 13.5. The van der Waals surface area contributed by atoms with E-state index < -0.39 is 0 Å². The number of nitrogens with one attached hydrogen (secondary N) is 2. The smallest absolute Gasteiger partial charge is 0.131 e. The van der Waals surface area contributed by atoms with Gasteiger partial charge >= 0.3 is 0 Å². The van der Waals surface area contributed by atoms with Gasteiger partial charge in [-0.3, -0.25) is 0 Å². The summed E-state index contributed by atoms with van der Waals surface area (Å²) in [7, 11) is 2.19. The molecule has 1 aromatic rings. The summed E-state index contributed by atoms with van der Waals surface area (Å²) in [6.45, 7) is 6.52. The molecule has 0 spiro atoms. The molecule has 0 aliphatic carbocycles. The van der Waals surface area contributed by atoms with Crippen LogP contribution in [0.3, 0.4) is 0 Å². The van der Waals surface area contributed by atoms with E-state index in [1.165, 1.54) is 25.9 Å². The van der Waals surface area contributed by atoms with Gasteiger partial charge in [0.1, 0.15) is 18.0 Å². The zero-order valence-corrected chi connectivity index (χ0v) is 12.0. The highest BCUT2D eigenvalue weighted by atomic mass is 15.1. The highest BCUT2D eigenvalue weighted by Gasteiger charge is 2.16. The van der Waals surface area contributed by atoms with Crippen molar-refractivity contribution in [2.75, 3.05) is 43.9 Å². The lowest BCUT2D eigenvalue weighted by atomic mass is 9.97. The van der Waals surface area contributed by atoms with E-state index in [1.54, 1.807) is 6.33 Å². The maximum Gasteiger partial charge on any atom is 0.131 e. The van der Waals surface area contributed by atoms with Crippen LogP contribution >= 0.6 is 0 Å². The maximum absolute atomic E-state index is 4.27. The van der Waals surface area contributed by atoms with E-state index in [0.29, 0.717) is 0 Å². The van der Waals surface area contributed by atoms with E-state index in [-0.39, 0.29) is 0 Å². The molecule has 2 heterocycles. The predicted molar refractivity (Wildman–Crippen MR) is 79.5 cm³/mol. The molecule has 0 saturated carbocycles. The van der Waals surface area contributed by atoms with Gasteiger partial charge in [0.25, 0.3) is 0 Å². The zero-order valence-electron chi connectivity index (χ0n) is 12.0. The van der Waals surface area contributed by atoms with Crippen molar-refractivity contribution >= 4 is 11.6 Å². The first-order valence-corrected chi connectivity index (χ1v) is 7.26. The van der Waals surface area contributed by atoms with Gasteiger partial charge in [0, 0.05) is 19.2 Å². The second-order valence-electron chi connectivity index (χ2n) is 5.34. The lowest BCUT2D eigenvalue weighted by Gasteiger charge is -2.29. The minimum atomic E-state index is 0.762. The summed E-state index contributed by atoms with van der Waals surface area (Å²) in [5, 5.41) is 6.72. The standard InChI is InChI=1S/C14H25N5/c1-3-6-15-13-9-14(18-11-17-13)16-10-12-4-7-19(2)8-5-12/h9,11-12H,3-8,10H2,1-2H3,(H2,15,16,17,18). The maximum atomic E-state index is 4.27. The number of rotatable bonds is 6. The monoisotopic (exact) mass is 263 g/mol. The minimum Gasteiger partial charge on any atom is -0.370 e. The Balaban J connectivity index is 1.78. The van der Waals surface area contributed by atoms with Crippen molar-refractivity contribution in [3.05, 3.63) is 12.4 Å². The number of anilines is 2. The Morgan fingerprint density at radius 2 is 1.89 bits per heavy atom. The molecule has 0 amide bonds. The van der Waals surface area contributed by atoms with Gasteiger partial charge in [-0.15, -0.1) is 0 Å². The second-order valence-corrected chi connectivity index (χ2v) is 5.34. The molecule has 2 rings (SSSR count). The summed E-state index contributed by atoms with van der Waals surface area (Å²) >= 11 is 0. The van der Waals surface area contributed by atoms with Crippen molar-refractivity contribution in [3.63, 3.8) is 0 Å². The Labute approximate surface area is 115 Å². The number of piperidine rings is 1. The van der Waals surface area contributed by atoms with Gasteiger partial charge in [0.15, 0.2) is 0 Å². The molecular formula is C14H25N5. The molecule has 1 aromatic heterocycles. The molecular weight excluding hydrogens is 238 g/mol. The van der Waals surface area contributed by atoms with E-state index in [1.807, 2.05) is 6.07 Å². The van der Waals surface area contributed by atoms with Crippen molar-refractivity contribution in [2.24, 2.45) is 5.92 Å². The van der Waals surface area contributed by atoms with Gasteiger partial charge in [-0.1, -0.05) is 6.92 Å². The molecule has 0 atom stereocenters. The fourth-order valence-corrected chi connectivity index (χ4v) is 2.32. The van der Waals surface area contributed by atoms with E-state index >= 15 is 0 Å². The van der Waals surface area contributed by atoms with Gasteiger partial charge in [0.05, 0.1) is 0 Å². The molecule has 1 saturated heterocycles. The largest absolute Gasteiger partial charge is 0.370 e. The van der Waals surface area contributed by atoms with Gasteiger partial charge in [0.2, 0.25) is 0 Å². The summed E-state index contributed by atoms with van der Waals surface area (Å²) in [5.41, 5.74) is 0. The molecule has 0 unspecified atom stereocenters. The summed E-state index contributed by atoms with van der Waals surface area (Å²) in [6.07, 6.45) is 5.27. The fourth-order valence-electron chi connectivity index (χ4n) is 2.32. The quantitative estimate of drug-likeness (QED) is 0.822. The molecule has 2 N–H and O–H groups in total. The number of hydrogen-bond donors (Lipinski definition) is 2. The average Bonchev–Trinajstić information content (AvgIpc) is 2.45. The Kier molecular flexibility index (Phi) is 5.39. The summed E-state index contributed by atoms with van der Waals surface area (Å²) < 4.78 is 0. The van der Waals surface area contributed by atoms with Crippen LogP contribution in [0.15, 0.2) is 12.4 Å². The van der Waals surface area contributed by atoms with Crippen LogP contribution in [0.2, 0.25) is 0 Å². The van der Waals surface area contributed by atoms with Crippen molar-refractivity contribution in [3.8, 4) is 0 Å². The third kappa shape index (κ3) is 4.67. The Morgan fingerprint density at radius 1 is 1.21 bits per heavy atom. The molecule has 1 aliphatic rings. The van der Waals surface area contributed by atoms with E-state index in [4.69, 9.17) is 0 Å². The molecule has 1 aliphatic heterocycles. The molecule has 5 heteroatoms. The van der Waals surface area contributed by atoms with Crippen LogP contribution in [0.4, 0.5) is 11.6 Å². The Bertz CT molecular complexity index is 374. The normalized spacial score (nSPS) is 17.4. The molecule has 1 fully saturated rings.